The van der Waals surface area contributed by atoms with Crippen molar-refractivity contribution in [3.05, 3.63) is 48.9 Å². The van der Waals surface area contributed by atoms with Gasteiger partial charge in [0.15, 0.2) is 0 Å². The Balaban J connectivity index is 4.50. The van der Waals surface area contributed by atoms with E-state index in [1.807, 2.05) is 18.0 Å². The fraction of sp³-hybridized carbons (Fsp3) is 0.357. The van der Waals surface area contributed by atoms with Crippen LogP contribution in [0.25, 0.3) is 0 Å². The third-order valence-electron chi connectivity index (χ3n) is 2.37. The lowest BCUT2D eigenvalue weighted by Crippen LogP contribution is -2.33. The molecular weight excluding hydrogens is 242 g/mol. The van der Waals surface area contributed by atoms with Crippen LogP contribution < -0.4 is 11.5 Å². The molecule has 0 rings (SSSR count). The Kier molecular flexibility index (Phi) is 8.04. The van der Waals surface area contributed by atoms with Crippen LogP contribution in [0.15, 0.2) is 48.9 Å². The first kappa shape index (κ1) is 17.0. The van der Waals surface area contributed by atoms with E-state index in [0.29, 0.717) is 12.2 Å². The molecule has 0 amide bonds. The first-order valence-electron chi connectivity index (χ1n) is 5.88. The predicted molar refractivity (Wildman–Crippen MR) is 78.0 cm³/mol. The van der Waals surface area contributed by atoms with Crippen LogP contribution in [-0.2, 0) is 9.53 Å². The molecule has 0 heterocycles. The van der Waals surface area contributed by atoms with E-state index in [9.17, 15) is 4.79 Å². The smallest absolute Gasteiger partial charge is 0.323 e. The van der Waals surface area contributed by atoms with Gasteiger partial charge in [-0.1, -0.05) is 31.4 Å². The van der Waals surface area contributed by atoms with Crippen LogP contribution in [0.4, 0.5) is 0 Å². The van der Waals surface area contributed by atoms with Crippen molar-refractivity contribution in [3.8, 4) is 0 Å². The van der Waals surface area contributed by atoms with Crippen molar-refractivity contribution < 1.29 is 9.53 Å². The highest BCUT2D eigenvalue weighted by Gasteiger charge is 2.14. The molecule has 0 fully saturated rings. The standard InChI is InChI=1S/C14H23N3O2/c1-5-7-11(6-2)9-17(3)10-12(15)8-13(16)14(18)19-4/h5-7,10,13H,1-2,8-9,15-16H2,3-4H3/b11-7+,12-10-. The molecule has 0 aromatic carbocycles. The molecule has 4 N–H and O–H groups in total. The zero-order valence-corrected chi connectivity index (χ0v) is 11.6. The van der Waals surface area contributed by atoms with Gasteiger partial charge in [-0.15, -0.1) is 0 Å². The second-order valence-corrected chi connectivity index (χ2v) is 4.13. The van der Waals surface area contributed by atoms with Crippen LogP contribution in [0.2, 0.25) is 0 Å². The van der Waals surface area contributed by atoms with E-state index >= 15 is 0 Å². The number of ether oxygens (including phenoxy) is 1. The molecule has 0 aromatic rings. The Bertz CT molecular complexity index is 386. The molecule has 0 aromatic heterocycles. The minimum atomic E-state index is -0.739. The Labute approximate surface area is 114 Å². The second-order valence-electron chi connectivity index (χ2n) is 4.13. The Morgan fingerprint density at radius 1 is 1.47 bits per heavy atom. The molecule has 0 radical (unpaired) electrons. The van der Waals surface area contributed by atoms with E-state index in [0.717, 1.165) is 5.57 Å². The summed E-state index contributed by atoms with van der Waals surface area (Å²) in [4.78, 5) is 13.1. The van der Waals surface area contributed by atoms with Crippen molar-refractivity contribution in [2.45, 2.75) is 12.5 Å². The van der Waals surface area contributed by atoms with Gasteiger partial charge in [-0.25, -0.2) is 0 Å². The molecule has 19 heavy (non-hydrogen) atoms. The lowest BCUT2D eigenvalue weighted by molar-refractivity contribution is -0.142. The van der Waals surface area contributed by atoms with Crippen molar-refractivity contribution in [1.29, 1.82) is 0 Å². The molecule has 0 aliphatic carbocycles. The zero-order valence-electron chi connectivity index (χ0n) is 11.6. The van der Waals surface area contributed by atoms with Gasteiger partial charge in [0.1, 0.15) is 6.04 Å². The highest BCUT2D eigenvalue weighted by molar-refractivity contribution is 5.75. The van der Waals surface area contributed by atoms with Gasteiger partial charge in [-0.3, -0.25) is 4.79 Å². The molecule has 0 saturated heterocycles. The van der Waals surface area contributed by atoms with E-state index in [1.165, 1.54) is 7.11 Å². The lowest BCUT2D eigenvalue weighted by Gasteiger charge is -2.17. The normalized spacial score (nSPS) is 13.6. The first-order valence-corrected chi connectivity index (χ1v) is 5.88. The molecule has 0 bridgehead atoms. The number of likely N-dealkylation sites (N-methyl/N-ethyl adjacent to an activating group) is 1. The molecule has 0 aliphatic rings. The first-order chi connectivity index (χ1) is 8.94. The summed E-state index contributed by atoms with van der Waals surface area (Å²) in [5.41, 5.74) is 13.0. The summed E-state index contributed by atoms with van der Waals surface area (Å²) in [7, 11) is 3.17. The number of carbonyl (C=O) groups is 1. The number of hydrogen-bond acceptors (Lipinski definition) is 5. The number of carbonyl (C=O) groups excluding carboxylic acids is 1. The summed E-state index contributed by atoms with van der Waals surface area (Å²) in [6.45, 7) is 8.00. The number of methoxy groups -OCH3 is 1. The molecular formula is C14H23N3O2. The Morgan fingerprint density at radius 2 is 2.11 bits per heavy atom. The predicted octanol–water partition coefficient (Wildman–Crippen LogP) is 0.907. The molecule has 1 unspecified atom stereocenters. The minimum Gasteiger partial charge on any atom is -0.468 e. The average molecular weight is 265 g/mol. The summed E-state index contributed by atoms with van der Waals surface area (Å²) in [6, 6.07) is -0.739. The van der Waals surface area contributed by atoms with Crippen molar-refractivity contribution in [2.75, 3.05) is 20.7 Å². The fourth-order valence-electron chi connectivity index (χ4n) is 1.49. The minimum absolute atomic E-state index is 0.256. The number of hydrogen-bond donors (Lipinski definition) is 2. The van der Waals surface area contributed by atoms with Gasteiger partial charge < -0.3 is 21.1 Å². The van der Waals surface area contributed by atoms with Gasteiger partial charge in [0, 0.05) is 31.9 Å². The summed E-state index contributed by atoms with van der Waals surface area (Å²) < 4.78 is 4.54. The fourth-order valence-corrected chi connectivity index (χ4v) is 1.49. The maximum atomic E-state index is 11.2. The van der Waals surface area contributed by atoms with Crippen molar-refractivity contribution in [3.63, 3.8) is 0 Å². The summed E-state index contributed by atoms with van der Waals surface area (Å²) in [5.74, 6) is -0.475. The zero-order chi connectivity index (χ0) is 14.8. The van der Waals surface area contributed by atoms with Gasteiger partial charge in [-0.2, -0.15) is 0 Å². The molecule has 0 saturated carbocycles. The average Bonchev–Trinajstić information content (AvgIpc) is 2.36. The highest BCUT2D eigenvalue weighted by atomic mass is 16.5. The molecule has 5 nitrogen and oxygen atoms in total. The molecule has 0 aliphatic heterocycles. The van der Waals surface area contributed by atoms with Gasteiger partial charge >= 0.3 is 5.97 Å². The van der Waals surface area contributed by atoms with E-state index in [-0.39, 0.29) is 6.42 Å². The van der Waals surface area contributed by atoms with Crippen molar-refractivity contribution >= 4 is 5.97 Å². The van der Waals surface area contributed by atoms with Gasteiger partial charge in [0.2, 0.25) is 0 Å². The quantitative estimate of drug-likeness (QED) is 0.503. The molecule has 0 spiro atoms. The number of allylic oxidation sites excluding steroid dienone is 2. The van der Waals surface area contributed by atoms with E-state index in [1.54, 1.807) is 18.4 Å². The number of esters is 1. The monoisotopic (exact) mass is 265 g/mol. The van der Waals surface area contributed by atoms with Crippen LogP contribution in [0.1, 0.15) is 6.42 Å². The maximum absolute atomic E-state index is 11.2. The number of nitrogens with two attached hydrogens (primary N) is 2. The second kappa shape index (κ2) is 8.99. The summed E-state index contributed by atoms with van der Waals surface area (Å²) in [6.07, 6.45) is 7.32. The Morgan fingerprint density at radius 3 is 2.58 bits per heavy atom. The third-order valence-corrected chi connectivity index (χ3v) is 2.37. The van der Waals surface area contributed by atoms with Gasteiger partial charge in [0.25, 0.3) is 0 Å². The van der Waals surface area contributed by atoms with Crippen molar-refractivity contribution in [1.82, 2.24) is 4.90 Å². The topological polar surface area (TPSA) is 81.6 Å². The Hall–Kier alpha value is -2.01. The summed E-state index contributed by atoms with van der Waals surface area (Å²) >= 11 is 0. The highest BCUT2D eigenvalue weighted by Crippen LogP contribution is 2.04. The van der Waals surface area contributed by atoms with E-state index in [2.05, 4.69) is 17.9 Å². The molecule has 5 heteroatoms. The third kappa shape index (κ3) is 7.10. The van der Waals surface area contributed by atoms with E-state index < -0.39 is 12.0 Å². The van der Waals surface area contributed by atoms with Gasteiger partial charge in [0.05, 0.1) is 7.11 Å². The van der Waals surface area contributed by atoms with Crippen LogP contribution in [0, 0.1) is 0 Å². The maximum Gasteiger partial charge on any atom is 0.323 e. The van der Waals surface area contributed by atoms with E-state index in [4.69, 9.17) is 11.5 Å². The number of rotatable bonds is 8. The van der Waals surface area contributed by atoms with Crippen LogP contribution in [-0.4, -0.2) is 37.6 Å². The SMILES string of the molecule is C=C/C=C(\C=C)CN(C)/C=C(\N)CC(N)C(=O)OC. The lowest BCUT2D eigenvalue weighted by atomic mass is 10.2. The molecule has 106 valence electrons. The molecule has 1 atom stereocenters. The van der Waals surface area contributed by atoms with Crippen LogP contribution in [0.5, 0.6) is 0 Å². The van der Waals surface area contributed by atoms with Crippen LogP contribution in [0.3, 0.4) is 0 Å². The van der Waals surface area contributed by atoms with Crippen molar-refractivity contribution in [2.24, 2.45) is 11.5 Å². The largest absolute Gasteiger partial charge is 0.468 e. The van der Waals surface area contributed by atoms with Crippen LogP contribution >= 0.6 is 0 Å². The summed E-state index contributed by atoms with van der Waals surface area (Å²) in [5, 5.41) is 0. The number of nitrogens with zero attached hydrogens (tertiary/aromatic N) is 1. The van der Waals surface area contributed by atoms with Gasteiger partial charge in [-0.05, 0) is 5.57 Å².